The van der Waals surface area contributed by atoms with E-state index in [0.717, 1.165) is 12.1 Å². The van der Waals surface area contributed by atoms with Gasteiger partial charge in [0.1, 0.15) is 0 Å². The van der Waals surface area contributed by atoms with Crippen LogP contribution in [0.3, 0.4) is 0 Å². The van der Waals surface area contributed by atoms with Crippen molar-refractivity contribution in [2.75, 3.05) is 0 Å². The molecule has 1 atom stereocenters. The van der Waals surface area contributed by atoms with Crippen molar-refractivity contribution in [2.45, 2.75) is 18.4 Å². The SMILES string of the molecule is O=C(O)C(OCc1ccccc1)(c1ccccc1)C(F)(F)F. The number of benzene rings is 2. The molecule has 2 aromatic rings. The van der Waals surface area contributed by atoms with Crippen LogP contribution in [0.15, 0.2) is 60.7 Å². The Hall–Kier alpha value is -2.34. The number of hydrogen-bond donors (Lipinski definition) is 1. The van der Waals surface area contributed by atoms with Crippen molar-refractivity contribution in [3.8, 4) is 0 Å². The standard InChI is InChI=1S/C16H13F3O3/c17-16(18,19)15(14(20)21,13-9-5-2-6-10-13)22-11-12-7-3-1-4-8-12/h1-10H,11H2,(H,20,21). The first kappa shape index (κ1) is 16.0. The second kappa shape index (κ2) is 6.19. The van der Waals surface area contributed by atoms with Crippen LogP contribution in [0, 0.1) is 0 Å². The summed E-state index contributed by atoms with van der Waals surface area (Å²) in [6.45, 7) is -0.471. The van der Waals surface area contributed by atoms with Gasteiger partial charge in [0.2, 0.25) is 0 Å². The van der Waals surface area contributed by atoms with Crippen LogP contribution in [0.25, 0.3) is 0 Å². The van der Waals surface area contributed by atoms with E-state index in [0.29, 0.717) is 5.56 Å². The Morgan fingerprint density at radius 1 is 0.955 bits per heavy atom. The molecule has 0 aliphatic rings. The van der Waals surface area contributed by atoms with Crippen LogP contribution in [-0.4, -0.2) is 17.3 Å². The molecular formula is C16H13F3O3. The van der Waals surface area contributed by atoms with Crippen LogP contribution >= 0.6 is 0 Å². The molecule has 0 heterocycles. The lowest BCUT2D eigenvalue weighted by Crippen LogP contribution is -2.51. The van der Waals surface area contributed by atoms with Crippen LogP contribution < -0.4 is 0 Å². The van der Waals surface area contributed by atoms with Crippen molar-refractivity contribution < 1.29 is 27.8 Å². The van der Waals surface area contributed by atoms with Crippen LogP contribution in [0.1, 0.15) is 11.1 Å². The van der Waals surface area contributed by atoms with Gasteiger partial charge in [-0.3, -0.25) is 0 Å². The molecule has 0 aliphatic carbocycles. The molecule has 116 valence electrons. The number of carboxylic acid groups (broad SMARTS) is 1. The molecule has 2 rings (SSSR count). The summed E-state index contributed by atoms with van der Waals surface area (Å²) in [7, 11) is 0. The second-order valence-corrected chi connectivity index (χ2v) is 4.62. The number of carbonyl (C=O) groups is 1. The maximum Gasteiger partial charge on any atom is 0.432 e. The minimum absolute atomic E-state index is 0.452. The molecule has 0 fully saturated rings. The van der Waals surface area contributed by atoms with E-state index in [1.807, 2.05) is 0 Å². The predicted octanol–water partition coefficient (Wildman–Crippen LogP) is 3.75. The van der Waals surface area contributed by atoms with Gasteiger partial charge in [-0.15, -0.1) is 0 Å². The highest BCUT2D eigenvalue weighted by atomic mass is 19.4. The molecule has 0 saturated carbocycles. The highest BCUT2D eigenvalue weighted by Crippen LogP contribution is 2.43. The minimum atomic E-state index is -5.10. The van der Waals surface area contributed by atoms with E-state index < -0.39 is 29.9 Å². The molecule has 22 heavy (non-hydrogen) atoms. The average Bonchev–Trinajstić information content (AvgIpc) is 2.48. The lowest BCUT2D eigenvalue weighted by atomic mass is 9.92. The summed E-state index contributed by atoms with van der Waals surface area (Å²) >= 11 is 0. The number of aliphatic carboxylic acids is 1. The first-order valence-corrected chi connectivity index (χ1v) is 6.41. The predicted molar refractivity (Wildman–Crippen MR) is 73.0 cm³/mol. The van der Waals surface area contributed by atoms with E-state index >= 15 is 0 Å². The van der Waals surface area contributed by atoms with Gasteiger partial charge >= 0.3 is 12.1 Å². The van der Waals surface area contributed by atoms with Gasteiger partial charge in [0.15, 0.2) is 0 Å². The Labute approximate surface area is 125 Å². The molecule has 1 N–H and O–H groups in total. The fraction of sp³-hybridized carbons (Fsp3) is 0.188. The molecule has 1 unspecified atom stereocenters. The Morgan fingerprint density at radius 2 is 1.45 bits per heavy atom. The van der Waals surface area contributed by atoms with Crippen LogP contribution in [0.2, 0.25) is 0 Å². The minimum Gasteiger partial charge on any atom is -0.479 e. The van der Waals surface area contributed by atoms with Crippen molar-refractivity contribution in [3.63, 3.8) is 0 Å². The number of alkyl halides is 3. The second-order valence-electron chi connectivity index (χ2n) is 4.62. The summed E-state index contributed by atoms with van der Waals surface area (Å²) in [5.74, 6) is -2.10. The van der Waals surface area contributed by atoms with Crippen LogP contribution in [0.5, 0.6) is 0 Å². The normalized spacial score (nSPS) is 14.3. The van der Waals surface area contributed by atoms with Gasteiger partial charge in [-0.2, -0.15) is 13.2 Å². The third-order valence-electron chi connectivity index (χ3n) is 3.18. The fourth-order valence-corrected chi connectivity index (χ4v) is 2.07. The molecule has 0 aromatic heterocycles. The van der Waals surface area contributed by atoms with Gasteiger partial charge in [-0.25, -0.2) is 4.79 Å². The van der Waals surface area contributed by atoms with Gasteiger partial charge in [-0.05, 0) is 5.56 Å². The Bertz CT molecular complexity index is 626. The van der Waals surface area contributed by atoms with E-state index in [-0.39, 0.29) is 0 Å². The Kier molecular flexibility index (Phi) is 4.51. The van der Waals surface area contributed by atoms with Crippen molar-refractivity contribution in [1.82, 2.24) is 0 Å². The maximum atomic E-state index is 13.5. The third kappa shape index (κ3) is 2.96. The topological polar surface area (TPSA) is 46.5 Å². The van der Waals surface area contributed by atoms with Crippen molar-refractivity contribution >= 4 is 5.97 Å². The zero-order chi connectivity index (χ0) is 16.2. The van der Waals surface area contributed by atoms with Gasteiger partial charge < -0.3 is 9.84 Å². The van der Waals surface area contributed by atoms with Crippen molar-refractivity contribution in [1.29, 1.82) is 0 Å². The molecule has 0 amide bonds. The highest BCUT2D eigenvalue weighted by Gasteiger charge is 2.63. The van der Waals surface area contributed by atoms with Crippen LogP contribution in [0.4, 0.5) is 13.2 Å². The first-order valence-electron chi connectivity index (χ1n) is 6.41. The molecule has 0 bridgehead atoms. The zero-order valence-electron chi connectivity index (χ0n) is 11.4. The van der Waals surface area contributed by atoms with Gasteiger partial charge in [-0.1, -0.05) is 60.7 Å². The zero-order valence-corrected chi connectivity index (χ0v) is 11.4. The molecule has 0 saturated heterocycles. The monoisotopic (exact) mass is 310 g/mol. The first-order chi connectivity index (χ1) is 10.4. The summed E-state index contributed by atoms with van der Waals surface area (Å²) in [4.78, 5) is 11.4. The molecule has 2 aromatic carbocycles. The number of halogens is 3. The molecule has 6 heteroatoms. The third-order valence-corrected chi connectivity index (χ3v) is 3.18. The smallest absolute Gasteiger partial charge is 0.432 e. The summed E-state index contributed by atoms with van der Waals surface area (Å²) in [5.41, 5.74) is -3.41. The van der Waals surface area contributed by atoms with Gasteiger partial charge in [0, 0.05) is 5.56 Å². The van der Waals surface area contributed by atoms with Crippen molar-refractivity contribution in [3.05, 3.63) is 71.8 Å². The number of rotatable bonds is 5. The largest absolute Gasteiger partial charge is 0.479 e. The van der Waals surface area contributed by atoms with E-state index in [1.54, 1.807) is 30.3 Å². The Balaban J connectivity index is 2.43. The summed E-state index contributed by atoms with van der Waals surface area (Å²) < 4.78 is 45.4. The molecular weight excluding hydrogens is 297 g/mol. The van der Waals surface area contributed by atoms with E-state index in [4.69, 9.17) is 4.74 Å². The number of carboxylic acids is 1. The van der Waals surface area contributed by atoms with E-state index in [1.165, 1.54) is 18.2 Å². The lowest BCUT2D eigenvalue weighted by Gasteiger charge is -2.32. The molecule has 0 radical (unpaired) electrons. The van der Waals surface area contributed by atoms with Gasteiger partial charge in [0.05, 0.1) is 6.61 Å². The highest BCUT2D eigenvalue weighted by molar-refractivity contribution is 5.80. The lowest BCUT2D eigenvalue weighted by molar-refractivity contribution is -0.284. The summed E-state index contributed by atoms with van der Waals surface area (Å²) in [6, 6.07) is 14.5. The van der Waals surface area contributed by atoms with E-state index in [2.05, 4.69) is 0 Å². The summed E-state index contributed by atoms with van der Waals surface area (Å²) in [5, 5.41) is 9.25. The number of ether oxygens (including phenoxy) is 1. The number of hydrogen-bond acceptors (Lipinski definition) is 2. The van der Waals surface area contributed by atoms with E-state index in [9.17, 15) is 23.1 Å². The fourth-order valence-electron chi connectivity index (χ4n) is 2.07. The molecule has 0 spiro atoms. The molecule has 0 aliphatic heterocycles. The van der Waals surface area contributed by atoms with Crippen LogP contribution in [-0.2, 0) is 21.7 Å². The van der Waals surface area contributed by atoms with Crippen molar-refractivity contribution in [2.24, 2.45) is 0 Å². The quantitative estimate of drug-likeness (QED) is 0.915. The maximum absolute atomic E-state index is 13.5. The molecule has 3 nitrogen and oxygen atoms in total. The Morgan fingerprint density at radius 3 is 1.91 bits per heavy atom. The summed E-state index contributed by atoms with van der Waals surface area (Å²) in [6.07, 6.45) is -5.10. The van der Waals surface area contributed by atoms with Gasteiger partial charge in [0.25, 0.3) is 5.60 Å². The average molecular weight is 310 g/mol.